The zero-order valence-corrected chi connectivity index (χ0v) is 30.3. The van der Waals surface area contributed by atoms with E-state index in [-0.39, 0.29) is 59.3 Å². The fourth-order valence-electron chi connectivity index (χ4n) is 7.31. The first-order valence-electron chi connectivity index (χ1n) is 15.8. The summed E-state index contributed by atoms with van der Waals surface area (Å²) in [6.07, 6.45) is -6.19. The largest absolute Gasteiger partial charge is 0.573 e. The third-order valence-corrected chi connectivity index (χ3v) is 11.4. The fourth-order valence-corrected chi connectivity index (χ4v) is 9.04. The molecule has 1 saturated heterocycles. The molecule has 0 radical (unpaired) electrons. The summed E-state index contributed by atoms with van der Waals surface area (Å²) in [5.74, 6) is -3.44. The summed E-state index contributed by atoms with van der Waals surface area (Å²) in [5.41, 5.74) is 3.72. The second-order valence-corrected chi connectivity index (χ2v) is 14.7. The number of halogens is 4. The minimum Gasteiger partial charge on any atom is -0.497 e. The number of likely N-dealkylation sites (N-methyl/N-ethyl adjacent to an activating group) is 2. The van der Waals surface area contributed by atoms with Crippen LogP contribution in [0.5, 0.6) is 17.2 Å². The topological polar surface area (TPSA) is 164 Å². The smallest absolute Gasteiger partial charge is 0.497 e. The number of benzene rings is 3. The minimum atomic E-state index is -5.33. The molecule has 2 unspecified atom stereocenters. The third-order valence-electron chi connectivity index (χ3n) is 9.48. The van der Waals surface area contributed by atoms with Crippen LogP contribution in [0.3, 0.4) is 0 Å². The van der Waals surface area contributed by atoms with Crippen molar-refractivity contribution in [1.82, 2.24) is 5.32 Å². The first-order chi connectivity index (χ1) is 24.3. The van der Waals surface area contributed by atoms with E-state index >= 15 is 4.79 Å². The lowest BCUT2D eigenvalue weighted by atomic mass is 9.78. The van der Waals surface area contributed by atoms with Crippen LogP contribution in [0.25, 0.3) is 0 Å². The Bertz CT molecular complexity index is 2030. The van der Waals surface area contributed by atoms with E-state index in [9.17, 15) is 31.2 Å². The number of ether oxygens (including phenoxy) is 4. The molecule has 3 aromatic rings. The van der Waals surface area contributed by atoms with Crippen LogP contribution in [0.2, 0.25) is 5.02 Å². The third kappa shape index (κ3) is 6.50. The van der Waals surface area contributed by atoms with E-state index < -0.39 is 66.9 Å². The van der Waals surface area contributed by atoms with E-state index in [1.165, 1.54) is 39.5 Å². The number of methoxy groups -OCH3 is 2. The van der Waals surface area contributed by atoms with Gasteiger partial charge in [-0.25, -0.2) is 8.42 Å². The number of anilines is 1. The molecule has 3 amide bonds. The quantitative estimate of drug-likeness (QED) is 0.261. The van der Waals surface area contributed by atoms with Crippen molar-refractivity contribution in [2.24, 2.45) is 5.73 Å². The number of fused-ring (bicyclic) bond motifs is 1. The second-order valence-electron chi connectivity index (χ2n) is 12.5. The lowest BCUT2D eigenvalue weighted by Crippen LogP contribution is -2.69. The average molecular weight is 770 g/mol. The van der Waals surface area contributed by atoms with E-state index in [4.69, 9.17) is 31.5 Å². The summed E-state index contributed by atoms with van der Waals surface area (Å²) >= 11 is 6.58. The van der Waals surface area contributed by atoms with Gasteiger partial charge in [-0.15, -0.1) is 13.2 Å². The fraction of sp³-hybridized carbons (Fsp3) is 0.382. The molecular weight excluding hydrogens is 733 g/mol. The molecule has 2 heterocycles. The van der Waals surface area contributed by atoms with Crippen LogP contribution < -0.4 is 29.6 Å². The van der Waals surface area contributed by atoms with E-state index in [0.29, 0.717) is 9.87 Å². The molecule has 18 heteroatoms. The van der Waals surface area contributed by atoms with Crippen molar-refractivity contribution in [3.8, 4) is 17.2 Å². The van der Waals surface area contributed by atoms with Crippen LogP contribution in [0.1, 0.15) is 29.5 Å². The van der Waals surface area contributed by atoms with Crippen molar-refractivity contribution in [1.29, 1.82) is 0 Å². The van der Waals surface area contributed by atoms with Gasteiger partial charge in [0.2, 0.25) is 11.4 Å². The van der Waals surface area contributed by atoms with Crippen molar-refractivity contribution in [2.45, 2.75) is 48.7 Å². The Morgan fingerprint density at radius 2 is 1.77 bits per heavy atom. The standard InChI is InChI=1S/C34H36ClF3N4O9S/c1-19-6-10-27(49-5)24(14-19)33(42(3)18-22(50-13-12-30(39)43)16-26(42)31(44)40-2)23-15-20(35)7-9-25(23)41(32(33)45)52(46,47)29-11-8-21(48-4)17-28(29)51-34(36,37)38/h6-11,14-15,17,22,26H,12-13,16,18H2,1-5H3,(H2-,39,40,43,44)/p+1/t22-,26+,33?,42?/m1/s1. The van der Waals surface area contributed by atoms with E-state index in [1.54, 1.807) is 32.2 Å². The Morgan fingerprint density at radius 1 is 1.06 bits per heavy atom. The molecule has 4 atom stereocenters. The number of sulfonamides is 1. The lowest BCUT2D eigenvalue weighted by molar-refractivity contribution is -0.953. The summed E-state index contributed by atoms with van der Waals surface area (Å²) in [6, 6.07) is 10.5. The number of alkyl halides is 3. The van der Waals surface area contributed by atoms with Crippen molar-refractivity contribution in [3.63, 3.8) is 0 Å². The number of carbonyl (C=O) groups excluding carboxylic acids is 3. The van der Waals surface area contributed by atoms with Crippen molar-refractivity contribution in [2.75, 3.05) is 45.8 Å². The molecule has 2 aliphatic rings. The maximum Gasteiger partial charge on any atom is 0.573 e. The molecule has 3 aromatic carbocycles. The lowest BCUT2D eigenvalue weighted by Gasteiger charge is -2.48. The number of nitrogens with zero attached hydrogens (tertiary/aromatic N) is 2. The summed E-state index contributed by atoms with van der Waals surface area (Å²) < 4.78 is 91.5. The van der Waals surface area contributed by atoms with E-state index in [1.807, 2.05) is 0 Å². The van der Waals surface area contributed by atoms with Crippen LogP contribution in [-0.2, 0) is 34.7 Å². The summed E-state index contributed by atoms with van der Waals surface area (Å²) in [4.78, 5) is 40.1. The van der Waals surface area contributed by atoms with Gasteiger partial charge in [0.1, 0.15) is 29.0 Å². The highest BCUT2D eigenvalue weighted by molar-refractivity contribution is 7.93. The zero-order valence-electron chi connectivity index (χ0n) is 28.7. The highest BCUT2D eigenvalue weighted by atomic mass is 35.5. The Morgan fingerprint density at radius 3 is 2.38 bits per heavy atom. The monoisotopic (exact) mass is 769 g/mol. The van der Waals surface area contributed by atoms with Crippen molar-refractivity contribution in [3.05, 3.63) is 76.3 Å². The number of hydrogen-bond donors (Lipinski definition) is 2. The average Bonchev–Trinajstić information content (AvgIpc) is 3.55. The Balaban J connectivity index is 1.87. The predicted octanol–water partition coefficient (Wildman–Crippen LogP) is 3.77. The molecule has 2 aliphatic heterocycles. The van der Waals surface area contributed by atoms with Gasteiger partial charge >= 0.3 is 12.3 Å². The molecule has 0 aromatic heterocycles. The van der Waals surface area contributed by atoms with Gasteiger partial charge in [0, 0.05) is 31.0 Å². The first kappa shape index (κ1) is 38.6. The van der Waals surface area contributed by atoms with Gasteiger partial charge in [0.05, 0.1) is 44.7 Å². The van der Waals surface area contributed by atoms with Gasteiger partial charge in [-0.3, -0.25) is 18.9 Å². The van der Waals surface area contributed by atoms with Gasteiger partial charge in [-0.2, -0.15) is 4.31 Å². The molecule has 52 heavy (non-hydrogen) atoms. The number of nitrogens with one attached hydrogen (secondary N) is 1. The van der Waals surface area contributed by atoms with Crippen LogP contribution >= 0.6 is 11.6 Å². The molecule has 5 rings (SSSR count). The van der Waals surface area contributed by atoms with Crippen LogP contribution in [0.15, 0.2) is 59.5 Å². The van der Waals surface area contributed by atoms with Crippen LogP contribution in [0.4, 0.5) is 18.9 Å². The van der Waals surface area contributed by atoms with Crippen molar-refractivity contribution >= 4 is 45.0 Å². The Kier molecular flexibility index (Phi) is 10.5. The second kappa shape index (κ2) is 14.1. The Hall–Kier alpha value is -4.58. The maximum absolute atomic E-state index is 15.7. The van der Waals surface area contributed by atoms with Crippen LogP contribution in [0, 0.1) is 6.92 Å². The molecule has 1 fully saturated rings. The van der Waals surface area contributed by atoms with E-state index in [2.05, 4.69) is 10.1 Å². The van der Waals surface area contributed by atoms with Crippen molar-refractivity contribution < 1.29 is 59.4 Å². The molecule has 0 bridgehead atoms. The maximum atomic E-state index is 15.7. The van der Waals surface area contributed by atoms with Gasteiger partial charge in [-0.1, -0.05) is 23.2 Å². The molecular formula is C34H37ClF3N4O9S+. The van der Waals surface area contributed by atoms with Gasteiger partial charge in [-0.05, 0) is 49.4 Å². The highest BCUT2D eigenvalue weighted by Crippen LogP contribution is 2.58. The molecule has 0 spiro atoms. The Labute approximate surface area is 302 Å². The molecule has 0 saturated carbocycles. The van der Waals surface area contributed by atoms with Crippen LogP contribution in [-0.4, -0.2) is 90.6 Å². The van der Waals surface area contributed by atoms with Gasteiger partial charge in [0.15, 0.2) is 11.8 Å². The summed E-state index contributed by atoms with van der Waals surface area (Å²) in [7, 11) is 0.245. The number of likely N-dealkylation sites (tertiary alicyclic amines) is 1. The number of hydrogen-bond acceptors (Lipinski definition) is 9. The molecule has 280 valence electrons. The number of rotatable bonds is 12. The number of amides is 3. The number of quaternary nitrogens is 1. The minimum absolute atomic E-state index is 0.0167. The number of carbonyl (C=O) groups is 3. The zero-order chi connectivity index (χ0) is 38.4. The predicted molar refractivity (Wildman–Crippen MR) is 181 cm³/mol. The molecule has 13 nitrogen and oxygen atoms in total. The SMILES string of the molecule is CNC(=O)[C@@H]1C[C@@H](OCCC(N)=O)C[N+]1(C)C1(c2cc(C)ccc2OC)C(=O)N(S(=O)(=O)c2ccc(OC)cc2OC(F)(F)F)c2ccc(Cl)cc21. The van der Waals surface area contributed by atoms with Gasteiger partial charge < -0.3 is 30.0 Å². The van der Waals surface area contributed by atoms with E-state index in [0.717, 1.165) is 18.2 Å². The summed E-state index contributed by atoms with van der Waals surface area (Å²) in [6.45, 7) is 1.54. The molecule has 0 aliphatic carbocycles. The van der Waals surface area contributed by atoms with Gasteiger partial charge in [0.25, 0.3) is 15.9 Å². The summed E-state index contributed by atoms with van der Waals surface area (Å²) in [5, 5.41) is 2.71. The first-order valence-corrected chi connectivity index (χ1v) is 17.6. The highest BCUT2D eigenvalue weighted by Gasteiger charge is 2.72. The normalized spacial score (nSPS) is 22.9. The number of aryl methyl sites for hydroxylation is 1. The number of nitrogens with two attached hydrogens (primary N) is 1. The molecule has 3 N–H and O–H groups in total. The number of primary amides is 1.